The molecule has 5 nitrogen and oxygen atoms in total. The SMILES string of the molecule is CC(C)c1nccc(NCc2ccc(OC(F)F)cn2)n1. The summed E-state index contributed by atoms with van der Waals surface area (Å²) in [6.07, 6.45) is 2.96. The minimum atomic E-state index is -2.84. The molecule has 0 saturated carbocycles. The molecule has 0 unspecified atom stereocenters. The van der Waals surface area contributed by atoms with Crippen LogP contribution in [0.2, 0.25) is 0 Å². The van der Waals surface area contributed by atoms with Gasteiger partial charge in [-0.15, -0.1) is 0 Å². The maximum absolute atomic E-state index is 12.0. The van der Waals surface area contributed by atoms with Gasteiger partial charge in [0.2, 0.25) is 0 Å². The number of anilines is 1. The highest BCUT2D eigenvalue weighted by molar-refractivity contribution is 5.34. The molecule has 0 aliphatic heterocycles. The molecule has 2 aromatic heterocycles. The molecule has 112 valence electrons. The van der Waals surface area contributed by atoms with Crippen molar-refractivity contribution in [2.24, 2.45) is 0 Å². The van der Waals surface area contributed by atoms with Gasteiger partial charge < -0.3 is 10.1 Å². The number of ether oxygens (including phenoxy) is 1. The minimum absolute atomic E-state index is 0.0397. The number of halogens is 2. The summed E-state index contributed by atoms with van der Waals surface area (Å²) in [6, 6.07) is 4.84. The van der Waals surface area contributed by atoms with Gasteiger partial charge in [-0.1, -0.05) is 13.8 Å². The van der Waals surface area contributed by atoms with Crippen LogP contribution >= 0.6 is 0 Å². The number of nitrogens with zero attached hydrogens (tertiary/aromatic N) is 3. The molecule has 0 aliphatic carbocycles. The highest BCUT2D eigenvalue weighted by Gasteiger charge is 2.06. The summed E-state index contributed by atoms with van der Waals surface area (Å²) in [5.74, 6) is 1.74. The predicted molar refractivity (Wildman–Crippen MR) is 74.3 cm³/mol. The summed E-state index contributed by atoms with van der Waals surface area (Å²) in [6.45, 7) is 1.63. The predicted octanol–water partition coefficient (Wildman–Crippen LogP) is 3.21. The van der Waals surface area contributed by atoms with Crippen molar-refractivity contribution in [3.05, 3.63) is 42.1 Å². The Hall–Kier alpha value is -2.31. The molecule has 0 bridgehead atoms. The molecule has 0 aromatic carbocycles. The van der Waals surface area contributed by atoms with Crippen LogP contribution in [0.1, 0.15) is 31.3 Å². The Morgan fingerprint density at radius 2 is 2.00 bits per heavy atom. The second kappa shape index (κ2) is 6.92. The maximum atomic E-state index is 12.0. The van der Waals surface area contributed by atoms with E-state index >= 15 is 0 Å². The second-order valence-corrected chi connectivity index (χ2v) is 4.67. The van der Waals surface area contributed by atoms with E-state index in [0.29, 0.717) is 18.1 Å². The Morgan fingerprint density at radius 1 is 1.19 bits per heavy atom. The third kappa shape index (κ3) is 4.62. The molecule has 0 saturated heterocycles. The number of rotatable bonds is 6. The molecule has 1 N–H and O–H groups in total. The lowest BCUT2D eigenvalue weighted by Crippen LogP contribution is -2.07. The maximum Gasteiger partial charge on any atom is 0.387 e. The Bertz CT molecular complexity index is 575. The summed E-state index contributed by atoms with van der Waals surface area (Å²) in [5.41, 5.74) is 0.696. The number of nitrogens with one attached hydrogen (secondary N) is 1. The van der Waals surface area contributed by atoms with E-state index in [1.807, 2.05) is 13.8 Å². The second-order valence-electron chi connectivity index (χ2n) is 4.67. The van der Waals surface area contributed by atoms with Crippen LogP contribution in [0.4, 0.5) is 14.6 Å². The van der Waals surface area contributed by atoms with Gasteiger partial charge in [-0.25, -0.2) is 9.97 Å². The van der Waals surface area contributed by atoms with Crippen molar-refractivity contribution in [1.82, 2.24) is 15.0 Å². The van der Waals surface area contributed by atoms with Crippen molar-refractivity contribution in [3.63, 3.8) is 0 Å². The highest BCUT2D eigenvalue weighted by atomic mass is 19.3. The van der Waals surface area contributed by atoms with E-state index in [1.165, 1.54) is 12.3 Å². The standard InChI is InChI=1S/C14H16F2N4O/c1-9(2)13-17-6-5-12(20-13)19-7-10-3-4-11(8-18-10)21-14(15)16/h3-6,8-9,14H,7H2,1-2H3,(H,17,19,20). The highest BCUT2D eigenvalue weighted by Crippen LogP contribution is 2.14. The van der Waals surface area contributed by atoms with Crippen LogP contribution in [0.25, 0.3) is 0 Å². The van der Waals surface area contributed by atoms with Crippen LogP contribution in [0, 0.1) is 0 Å². The Morgan fingerprint density at radius 3 is 2.62 bits per heavy atom. The monoisotopic (exact) mass is 294 g/mol. The first-order valence-corrected chi connectivity index (χ1v) is 6.51. The first kappa shape index (κ1) is 15.1. The normalized spacial score (nSPS) is 11.0. The fraction of sp³-hybridized carbons (Fsp3) is 0.357. The Balaban J connectivity index is 1.95. The van der Waals surface area contributed by atoms with Crippen LogP contribution in [-0.4, -0.2) is 21.6 Å². The summed E-state index contributed by atoms with van der Waals surface area (Å²) in [4.78, 5) is 12.6. The van der Waals surface area contributed by atoms with Gasteiger partial charge in [-0.05, 0) is 18.2 Å². The molecule has 0 spiro atoms. The number of alkyl halides is 2. The fourth-order valence-corrected chi connectivity index (χ4v) is 1.62. The van der Waals surface area contributed by atoms with Crippen molar-refractivity contribution < 1.29 is 13.5 Å². The molecule has 2 aromatic rings. The zero-order chi connectivity index (χ0) is 15.2. The van der Waals surface area contributed by atoms with Crippen molar-refractivity contribution in [2.75, 3.05) is 5.32 Å². The van der Waals surface area contributed by atoms with Gasteiger partial charge in [-0.2, -0.15) is 8.78 Å². The van der Waals surface area contributed by atoms with Gasteiger partial charge in [-0.3, -0.25) is 4.98 Å². The summed E-state index contributed by atoms with van der Waals surface area (Å²) in [7, 11) is 0. The molecule has 0 radical (unpaired) electrons. The molecule has 0 aliphatic rings. The number of hydrogen-bond donors (Lipinski definition) is 1. The van der Waals surface area contributed by atoms with Crippen molar-refractivity contribution in [1.29, 1.82) is 0 Å². The largest absolute Gasteiger partial charge is 0.433 e. The van der Waals surface area contributed by atoms with Gasteiger partial charge in [0.05, 0.1) is 18.4 Å². The van der Waals surface area contributed by atoms with E-state index < -0.39 is 6.61 Å². The van der Waals surface area contributed by atoms with Gasteiger partial charge >= 0.3 is 6.61 Å². The quantitative estimate of drug-likeness (QED) is 0.886. The third-order valence-electron chi connectivity index (χ3n) is 2.66. The average Bonchev–Trinajstić information content (AvgIpc) is 2.46. The zero-order valence-corrected chi connectivity index (χ0v) is 11.8. The molecular weight excluding hydrogens is 278 g/mol. The first-order valence-electron chi connectivity index (χ1n) is 6.51. The lowest BCUT2D eigenvalue weighted by molar-refractivity contribution is -0.0500. The van der Waals surface area contributed by atoms with Crippen LogP contribution < -0.4 is 10.1 Å². The molecule has 2 rings (SSSR count). The van der Waals surface area contributed by atoms with E-state index in [1.54, 1.807) is 18.3 Å². The van der Waals surface area contributed by atoms with Crippen LogP contribution in [0.3, 0.4) is 0 Å². The van der Waals surface area contributed by atoms with Gasteiger partial charge in [0, 0.05) is 12.1 Å². The molecule has 2 heterocycles. The van der Waals surface area contributed by atoms with Crippen LogP contribution in [-0.2, 0) is 6.54 Å². The Labute approximate surface area is 121 Å². The van der Waals surface area contributed by atoms with Crippen LogP contribution in [0.5, 0.6) is 5.75 Å². The van der Waals surface area contributed by atoms with E-state index in [9.17, 15) is 8.78 Å². The van der Waals surface area contributed by atoms with Crippen LogP contribution in [0.15, 0.2) is 30.6 Å². The summed E-state index contributed by atoms with van der Waals surface area (Å²) < 4.78 is 28.3. The first-order chi connectivity index (χ1) is 10.0. The molecule has 21 heavy (non-hydrogen) atoms. The smallest absolute Gasteiger partial charge is 0.387 e. The van der Waals surface area contributed by atoms with E-state index in [0.717, 1.165) is 5.82 Å². The fourth-order valence-electron chi connectivity index (χ4n) is 1.62. The van der Waals surface area contributed by atoms with E-state index in [-0.39, 0.29) is 11.7 Å². The van der Waals surface area contributed by atoms with Crippen molar-refractivity contribution in [3.8, 4) is 5.75 Å². The van der Waals surface area contributed by atoms with Gasteiger partial charge in [0.1, 0.15) is 17.4 Å². The molecular formula is C14H16F2N4O. The molecule has 0 fully saturated rings. The number of aromatic nitrogens is 3. The zero-order valence-electron chi connectivity index (χ0n) is 11.8. The topological polar surface area (TPSA) is 59.9 Å². The summed E-state index contributed by atoms with van der Waals surface area (Å²) >= 11 is 0. The Kier molecular flexibility index (Phi) is 4.97. The molecule has 0 atom stereocenters. The van der Waals surface area contributed by atoms with E-state index in [4.69, 9.17) is 0 Å². The molecule has 0 amide bonds. The lowest BCUT2D eigenvalue weighted by atomic mass is 10.2. The van der Waals surface area contributed by atoms with Crippen molar-refractivity contribution >= 4 is 5.82 Å². The van der Waals surface area contributed by atoms with Gasteiger partial charge in [0.15, 0.2) is 0 Å². The average molecular weight is 294 g/mol. The van der Waals surface area contributed by atoms with Gasteiger partial charge in [0.25, 0.3) is 0 Å². The molecule has 7 heteroatoms. The third-order valence-corrected chi connectivity index (χ3v) is 2.66. The number of pyridine rings is 1. The number of hydrogen-bond acceptors (Lipinski definition) is 5. The van der Waals surface area contributed by atoms with E-state index in [2.05, 4.69) is 25.0 Å². The summed E-state index contributed by atoms with van der Waals surface area (Å²) in [5, 5.41) is 3.11. The van der Waals surface area contributed by atoms with Crippen molar-refractivity contribution in [2.45, 2.75) is 32.9 Å². The lowest BCUT2D eigenvalue weighted by Gasteiger charge is -2.09. The minimum Gasteiger partial charge on any atom is -0.433 e.